The van der Waals surface area contributed by atoms with Crippen molar-refractivity contribution in [3.8, 4) is 0 Å². The largest absolute Gasteiger partial charge is 0.382 e. The SMILES string of the molecule is COCCOCCOCCC1(C2CCCC2)CNC1. The van der Waals surface area contributed by atoms with Gasteiger partial charge in [0.05, 0.1) is 26.4 Å². The minimum Gasteiger partial charge on any atom is -0.382 e. The normalized spacial score (nSPS) is 22.6. The van der Waals surface area contributed by atoms with Crippen LogP contribution < -0.4 is 5.32 Å². The molecule has 0 bridgehead atoms. The fourth-order valence-corrected chi connectivity index (χ4v) is 3.39. The highest BCUT2D eigenvalue weighted by Crippen LogP contribution is 2.44. The van der Waals surface area contributed by atoms with Gasteiger partial charge in [-0.3, -0.25) is 0 Å². The highest BCUT2D eigenvalue weighted by molar-refractivity contribution is 4.98. The summed E-state index contributed by atoms with van der Waals surface area (Å²) in [7, 11) is 1.69. The van der Waals surface area contributed by atoms with E-state index in [1.54, 1.807) is 7.11 Å². The van der Waals surface area contributed by atoms with Crippen molar-refractivity contribution in [1.29, 1.82) is 0 Å². The summed E-state index contributed by atoms with van der Waals surface area (Å²) in [5.74, 6) is 0.940. The quantitative estimate of drug-likeness (QED) is 0.615. The highest BCUT2D eigenvalue weighted by atomic mass is 16.5. The molecular formula is C15H29NO3. The first kappa shape index (κ1) is 15.2. The van der Waals surface area contributed by atoms with Crippen LogP contribution in [0.5, 0.6) is 0 Å². The summed E-state index contributed by atoms with van der Waals surface area (Å²) in [6.45, 7) is 5.99. The van der Waals surface area contributed by atoms with Gasteiger partial charge < -0.3 is 19.5 Å². The molecule has 0 aromatic rings. The molecular weight excluding hydrogens is 242 g/mol. The van der Waals surface area contributed by atoms with Crippen LogP contribution in [0.25, 0.3) is 0 Å². The predicted molar refractivity (Wildman–Crippen MR) is 75.4 cm³/mol. The molecule has 0 aromatic carbocycles. The van der Waals surface area contributed by atoms with E-state index < -0.39 is 0 Å². The van der Waals surface area contributed by atoms with Crippen LogP contribution in [-0.4, -0.2) is 53.2 Å². The second-order valence-corrected chi connectivity index (χ2v) is 5.91. The smallest absolute Gasteiger partial charge is 0.0701 e. The van der Waals surface area contributed by atoms with E-state index in [4.69, 9.17) is 14.2 Å². The van der Waals surface area contributed by atoms with Gasteiger partial charge in [0.2, 0.25) is 0 Å². The molecule has 112 valence electrons. The number of nitrogens with one attached hydrogen (secondary N) is 1. The van der Waals surface area contributed by atoms with E-state index in [1.807, 2.05) is 0 Å². The molecule has 2 fully saturated rings. The molecule has 0 atom stereocenters. The van der Waals surface area contributed by atoms with Crippen molar-refractivity contribution in [3.63, 3.8) is 0 Å². The summed E-state index contributed by atoms with van der Waals surface area (Å²) < 4.78 is 16.0. The van der Waals surface area contributed by atoms with Crippen molar-refractivity contribution in [2.45, 2.75) is 32.1 Å². The molecule has 1 N–H and O–H groups in total. The Morgan fingerprint density at radius 1 is 0.947 bits per heavy atom. The Kier molecular flexibility index (Phi) is 6.57. The van der Waals surface area contributed by atoms with Gasteiger partial charge in [0.25, 0.3) is 0 Å². The highest BCUT2D eigenvalue weighted by Gasteiger charge is 2.44. The van der Waals surface area contributed by atoms with Gasteiger partial charge in [-0.1, -0.05) is 12.8 Å². The molecule has 2 aliphatic rings. The topological polar surface area (TPSA) is 39.7 Å². The van der Waals surface area contributed by atoms with Crippen LogP contribution >= 0.6 is 0 Å². The molecule has 4 nitrogen and oxygen atoms in total. The van der Waals surface area contributed by atoms with Gasteiger partial charge in [-0.15, -0.1) is 0 Å². The molecule has 1 heterocycles. The fourth-order valence-electron chi connectivity index (χ4n) is 3.39. The summed E-state index contributed by atoms with van der Waals surface area (Å²) in [5, 5.41) is 3.46. The lowest BCUT2D eigenvalue weighted by Crippen LogP contribution is -2.57. The molecule has 0 unspecified atom stereocenters. The van der Waals surface area contributed by atoms with Crippen molar-refractivity contribution < 1.29 is 14.2 Å². The van der Waals surface area contributed by atoms with Crippen LogP contribution in [0.1, 0.15) is 32.1 Å². The molecule has 0 spiro atoms. The number of hydrogen-bond acceptors (Lipinski definition) is 4. The number of ether oxygens (including phenoxy) is 3. The summed E-state index contributed by atoms with van der Waals surface area (Å²) in [6.07, 6.45) is 6.94. The van der Waals surface area contributed by atoms with Crippen molar-refractivity contribution in [2.24, 2.45) is 11.3 Å². The minimum atomic E-state index is 0.549. The summed E-state index contributed by atoms with van der Waals surface area (Å²) in [5.41, 5.74) is 0.549. The first-order valence-electron chi connectivity index (χ1n) is 7.72. The maximum atomic E-state index is 5.71. The summed E-state index contributed by atoms with van der Waals surface area (Å²) >= 11 is 0. The van der Waals surface area contributed by atoms with Crippen LogP contribution in [0.2, 0.25) is 0 Å². The van der Waals surface area contributed by atoms with E-state index >= 15 is 0 Å². The van der Waals surface area contributed by atoms with Crippen molar-refractivity contribution in [3.05, 3.63) is 0 Å². The van der Waals surface area contributed by atoms with E-state index in [0.29, 0.717) is 31.8 Å². The third-order valence-electron chi connectivity index (χ3n) is 4.72. The van der Waals surface area contributed by atoms with Crippen LogP contribution in [0.4, 0.5) is 0 Å². The summed E-state index contributed by atoms with van der Waals surface area (Å²) in [4.78, 5) is 0. The van der Waals surface area contributed by atoms with Gasteiger partial charge in [0.15, 0.2) is 0 Å². The van der Waals surface area contributed by atoms with E-state index in [2.05, 4.69) is 5.32 Å². The Morgan fingerprint density at radius 3 is 2.16 bits per heavy atom. The first-order chi connectivity index (χ1) is 9.37. The van der Waals surface area contributed by atoms with Crippen LogP contribution in [0, 0.1) is 11.3 Å². The third kappa shape index (κ3) is 4.42. The fraction of sp³-hybridized carbons (Fsp3) is 1.00. The second-order valence-electron chi connectivity index (χ2n) is 5.91. The molecule has 1 aliphatic carbocycles. The van der Waals surface area contributed by atoms with Crippen molar-refractivity contribution in [2.75, 3.05) is 53.2 Å². The average Bonchev–Trinajstić information content (AvgIpc) is 2.89. The molecule has 1 saturated heterocycles. The Morgan fingerprint density at radius 2 is 1.58 bits per heavy atom. The van der Waals surface area contributed by atoms with Crippen LogP contribution in [0.15, 0.2) is 0 Å². The Balaban J connectivity index is 1.52. The number of rotatable bonds is 10. The molecule has 0 radical (unpaired) electrons. The molecule has 4 heteroatoms. The number of methoxy groups -OCH3 is 1. The molecule has 0 aromatic heterocycles. The first-order valence-corrected chi connectivity index (χ1v) is 7.72. The molecule has 19 heavy (non-hydrogen) atoms. The minimum absolute atomic E-state index is 0.549. The zero-order valence-electron chi connectivity index (χ0n) is 12.3. The van der Waals surface area contributed by atoms with Gasteiger partial charge in [-0.25, -0.2) is 0 Å². The van der Waals surface area contributed by atoms with E-state index in [0.717, 1.165) is 12.5 Å². The Hall–Kier alpha value is -0.160. The van der Waals surface area contributed by atoms with Gasteiger partial charge >= 0.3 is 0 Å². The van der Waals surface area contributed by atoms with Crippen molar-refractivity contribution >= 4 is 0 Å². The lowest BCUT2D eigenvalue weighted by molar-refractivity contribution is -0.00389. The molecule has 1 aliphatic heterocycles. The lowest BCUT2D eigenvalue weighted by Gasteiger charge is -2.47. The van der Waals surface area contributed by atoms with Gasteiger partial charge in [-0.2, -0.15) is 0 Å². The van der Waals surface area contributed by atoms with Crippen molar-refractivity contribution in [1.82, 2.24) is 5.32 Å². The number of hydrogen-bond donors (Lipinski definition) is 1. The lowest BCUT2D eigenvalue weighted by atomic mass is 9.68. The monoisotopic (exact) mass is 271 g/mol. The molecule has 1 saturated carbocycles. The van der Waals surface area contributed by atoms with Crippen LogP contribution in [-0.2, 0) is 14.2 Å². The average molecular weight is 271 g/mol. The standard InChI is InChI=1S/C15H29NO3/c1-17-8-9-19-11-10-18-7-6-15(12-16-13-15)14-4-2-3-5-14/h14,16H,2-13H2,1H3. The van der Waals surface area contributed by atoms with E-state index in [9.17, 15) is 0 Å². The molecule has 0 amide bonds. The van der Waals surface area contributed by atoms with Gasteiger partial charge in [0.1, 0.15) is 0 Å². The van der Waals surface area contributed by atoms with E-state index in [-0.39, 0.29) is 0 Å². The maximum Gasteiger partial charge on any atom is 0.0701 e. The molecule has 2 rings (SSSR count). The zero-order chi connectivity index (χ0) is 13.4. The Labute approximate surface area is 117 Å². The third-order valence-corrected chi connectivity index (χ3v) is 4.72. The zero-order valence-corrected chi connectivity index (χ0v) is 12.3. The second kappa shape index (κ2) is 8.20. The van der Waals surface area contributed by atoms with Gasteiger partial charge in [0, 0.05) is 32.2 Å². The Bertz CT molecular complexity index is 238. The maximum absolute atomic E-state index is 5.71. The summed E-state index contributed by atoms with van der Waals surface area (Å²) in [6, 6.07) is 0. The van der Waals surface area contributed by atoms with Crippen LogP contribution in [0.3, 0.4) is 0 Å². The predicted octanol–water partition coefficient (Wildman–Crippen LogP) is 1.84. The van der Waals surface area contributed by atoms with E-state index in [1.165, 1.54) is 45.2 Å². The van der Waals surface area contributed by atoms with Gasteiger partial charge in [-0.05, 0) is 25.2 Å².